The molecule has 0 radical (unpaired) electrons. The number of carbonyl (C=O) groups is 1. The molecule has 12 heteroatoms. The number of hydrogen-bond acceptors (Lipinski definition) is 5. The first-order chi connectivity index (χ1) is 19.2. The Hall–Kier alpha value is -3.41. The van der Waals surface area contributed by atoms with Gasteiger partial charge in [-0.15, -0.1) is 0 Å². The Morgan fingerprint density at radius 2 is 1.93 bits per heavy atom. The summed E-state index contributed by atoms with van der Waals surface area (Å²) in [5.74, 6) is -0.524. The molecule has 2 atom stereocenters. The average Bonchev–Trinajstić information content (AvgIpc) is 3.28. The zero-order valence-electron chi connectivity index (χ0n) is 23.0. The number of rotatable bonds is 7. The van der Waals surface area contributed by atoms with E-state index in [0.29, 0.717) is 34.9 Å². The number of aryl methyl sites for hydroxylation is 1. The molecule has 0 saturated carbocycles. The van der Waals surface area contributed by atoms with Gasteiger partial charge in [0.25, 0.3) is 0 Å². The third-order valence-corrected chi connectivity index (χ3v) is 7.96. The summed E-state index contributed by atoms with van der Waals surface area (Å²) in [5.41, 5.74) is 5.12. The predicted octanol–water partition coefficient (Wildman–Crippen LogP) is 5.09. The van der Waals surface area contributed by atoms with Crippen LogP contribution in [0.5, 0.6) is 0 Å². The van der Waals surface area contributed by atoms with Crippen LogP contribution < -0.4 is 5.32 Å². The highest BCUT2D eigenvalue weighted by molar-refractivity contribution is 6.30. The van der Waals surface area contributed by atoms with E-state index in [0.717, 1.165) is 28.1 Å². The number of halogens is 4. The molecule has 0 bridgehead atoms. The van der Waals surface area contributed by atoms with Gasteiger partial charge >= 0.3 is 12.2 Å². The molecule has 1 aliphatic carbocycles. The average molecular weight is 592 g/mol. The van der Waals surface area contributed by atoms with Gasteiger partial charge < -0.3 is 15.5 Å². The number of alkyl halides is 3. The molecular formula is C29H33ClF3N5O3. The number of benzene rings is 2. The second-order valence-electron chi connectivity index (χ2n) is 10.8. The van der Waals surface area contributed by atoms with Crippen molar-refractivity contribution in [3.8, 4) is 5.69 Å². The summed E-state index contributed by atoms with van der Waals surface area (Å²) in [4.78, 5) is 13.8. The number of amidine groups is 1. The van der Waals surface area contributed by atoms with E-state index in [4.69, 9.17) is 22.1 Å². The number of hydrogen-bond donors (Lipinski definition) is 4. The molecule has 1 aromatic heterocycles. The normalized spacial score (nSPS) is 17.6. The van der Waals surface area contributed by atoms with Gasteiger partial charge in [-0.3, -0.25) is 10.3 Å². The number of nitrogens with one attached hydrogen (secondary N) is 2. The second-order valence-corrected chi connectivity index (χ2v) is 11.3. The molecule has 1 aliphatic rings. The van der Waals surface area contributed by atoms with Gasteiger partial charge in [0, 0.05) is 22.9 Å². The molecule has 1 unspecified atom stereocenters. The summed E-state index contributed by atoms with van der Waals surface area (Å²) in [6.07, 6.45) is -5.99. The zero-order chi connectivity index (χ0) is 30.1. The molecule has 1 heterocycles. The third kappa shape index (κ3) is 6.58. The number of nitrogens with zero attached hydrogens (tertiary/aromatic N) is 3. The Morgan fingerprint density at radius 3 is 2.56 bits per heavy atom. The van der Waals surface area contributed by atoms with Crippen LogP contribution in [0.1, 0.15) is 47.0 Å². The van der Waals surface area contributed by atoms with Gasteiger partial charge in [0.15, 0.2) is 6.10 Å². The highest BCUT2D eigenvalue weighted by Crippen LogP contribution is 2.38. The minimum Gasteiger partial charge on any atom is -0.396 e. The van der Waals surface area contributed by atoms with Crippen molar-refractivity contribution in [3.05, 3.63) is 81.1 Å². The molecule has 4 rings (SSSR count). The van der Waals surface area contributed by atoms with Crippen LogP contribution in [0, 0.1) is 24.7 Å². The molecule has 4 N–H and O–H groups in total. The fraction of sp³-hybridized carbons (Fsp3) is 0.414. The molecule has 8 nitrogen and oxygen atoms in total. The lowest BCUT2D eigenvalue weighted by molar-refractivity contribution is -0.204. The SMILES string of the molecule is Cc1cccc(-n2nc(CNC(=O)N(C[C@H](O)C(F)(F)F)C(=N)c3ccc(Cl)cc3)c3c2CC(C)(CO)CC3)c1C. The molecule has 0 spiro atoms. The highest BCUT2D eigenvalue weighted by Gasteiger charge is 2.41. The standard InChI is InChI=1S/C29H33ClF3N5O3/c1-17-5-4-6-23(18(17)2)38-24-13-28(3,16-39)12-11-21(24)22(36-38)14-35-27(41)37(15-25(40)29(31,32)33)26(34)19-7-9-20(30)10-8-19/h4-10,25,34,39-40H,11-16H2,1-3H3,(H,35,41)/t25-,28?/m0/s1. The summed E-state index contributed by atoms with van der Waals surface area (Å²) in [7, 11) is 0. The summed E-state index contributed by atoms with van der Waals surface area (Å²) >= 11 is 5.89. The van der Waals surface area contributed by atoms with Gasteiger partial charge in [-0.05, 0) is 85.5 Å². The zero-order valence-corrected chi connectivity index (χ0v) is 23.8. The molecule has 0 aliphatic heterocycles. The number of aliphatic hydroxyl groups excluding tert-OH is 2. The molecule has 41 heavy (non-hydrogen) atoms. The Morgan fingerprint density at radius 1 is 1.24 bits per heavy atom. The minimum atomic E-state index is -4.98. The smallest absolute Gasteiger partial charge is 0.396 e. The van der Waals surface area contributed by atoms with Gasteiger partial charge in [-0.25, -0.2) is 9.48 Å². The fourth-order valence-corrected chi connectivity index (χ4v) is 5.06. The van der Waals surface area contributed by atoms with Crippen molar-refractivity contribution in [2.75, 3.05) is 13.2 Å². The predicted molar refractivity (Wildman–Crippen MR) is 150 cm³/mol. The van der Waals surface area contributed by atoms with E-state index in [1.165, 1.54) is 24.3 Å². The third-order valence-electron chi connectivity index (χ3n) is 7.70. The first-order valence-electron chi connectivity index (χ1n) is 13.2. The van der Waals surface area contributed by atoms with E-state index in [9.17, 15) is 28.2 Å². The number of amides is 2. The Bertz CT molecular complexity index is 1440. The van der Waals surface area contributed by atoms with Crippen LogP contribution in [-0.2, 0) is 19.4 Å². The number of fused-ring (bicyclic) bond motifs is 1. The Kier molecular flexibility index (Phi) is 8.81. The van der Waals surface area contributed by atoms with Crippen LogP contribution in [0.3, 0.4) is 0 Å². The molecule has 3 aromatic rings. The fourth-order valence-electron chi connectivity index (χ4n) is 4.94. The lowest BCUT2D eigenvalue weighted by atomic mass is 9.75. The topological polar surface area (TPSA) is 114 Å². The number of carbonyl (C=O) groups excluding carboxylic acids is 1. The van der Waals surface area contributed by atoms with Crippen LogP contribution in [-0.4, -0.2) is 62.2 Å². The van der Waals surface area contributed by atoms with E-state index >= 15 is 0 Å². The number of urea groups is 1. The lowest BCUT2D eigenvalue weighted by Gasteiger charge is -2.32. The van der Waals surface area contributed by atoms with Crippen LogP contribution >= 0.6 is 11.6 Å². The largest absolute Gasteiger partial charge is 0.416 e. The van der Waals surface area contributed by atoms with Crippen molar-refractivity contribution in [2.24, 2.45) is 5.41 Å². The number of aromatic nitrogens is 2. The second kappa shape index (κ2) is 11.8. The maximum absolute atomic E-state index is 13.3. The highest BCUT2D eigenvalue weighted by atomic mass is 35.5. The minimum absolute atomic E-state index is 0.000208. The van der Waals surface area contributed by atoms with Gasteiger partial charge in [0.2, 0.25) is 0 Å². The first-order valence-corrected chi connectivity index (χ1v) is 13.5. The molecule has 2 aromatic carbocycles. The van der Waals surface area contributed by atoms with Crippen molar-refractivity contribution < 1.29 is 28.2 Å². The van der Waals surface area contributed by atoms with Gasteiger partial charge in [0.1, 0.15) is 5.84 Å². The monoisotopic (exact) mass is 591 g/mol. The van der Waals surface area contributed by atoms with Crippen molar-refractivity contribution in [1.29, 1.82) is 5.41 Å². The molecular weight excluding hydrogens is 559 g/mol. The van der Waals surface area contributed by atoms with E-state index in [-0.39, 0.29) is 24.1 Å². The van der Waals surface area contributed by atoms with Crippen LogP contribution in [0.2, 0.25) is 5.02 Å². The van der Waals surface area contributed by atoms with E-state index < -0.39 is 30.7 Å². The van der Waals surface area contributed by atoms with Crippen molar-refractivity contribution in [3.63, 3.8) is 0 Å². The van der Waals surface area contributed by atoms with Crippen LogP contribution in [0.25, 0.3) is 5.69 Å². The summed E-state index contributed by atoms with van der Waals surface area (Å²) in [5, 5.41) is 36.0. The van der Waals surface area contributed by atoms with E-state index in [1.807, 2.05) is 43.7 Å². The maximum atomic E-state index is 13.3. The van der Waals surface area contributed by atoms with Crippen LogP contribution in [0.15, 0.2) is 42.5 Å². The molecule has 0 fully saturated rings. The number of aliphatic hydroxyl groups is 2. The van der Waals surface area contributed by atoms with Crippen molar-refractivity contribution >= 4 is 23.5 Å². The molecule has 220 valence electrons. The Balaban J connectivity index is 1.65. The Labute approximate surface area is 241 Å². The summed E-state index contributed by atoms with van der Waals surface area (Å²) in [6, 6.07) is 10.6. The molecule has 2 amide bonds. The lowest BCUT2D eigenvalue weighted by Crippen LogP contribution is -2.50. The van der Waals surface area contributed by atoms with Crippen molar-refractivity contribution in [2.45, 2.75) is 58.9 Å². The first kappa shape index (κ1) is 30.5. The quantitative estimate of drug-likeness (QED) is 0.226. The van der Waals surface area contributed by atoms with E-state index in [1.54, 1.807) is 0 Å². The van der Waals surface area contributed by atoms with Gasteiger partial charge in [0.05, 0.1) is 24.5 Å². The van der Waals surface area contributed by atoms with Crippen molar-refractivity contribution in [1.82, 2.24) is 20.0 Å². The summed E-state index contributed by atoms with van der Waals surface area (Å²) < 4.78 is 41.5. The summed E-state index contributed by atoms with van der Waals surface area (Å²) in [6.45, 7) is 4.71. The van der Waals surface area contributed by atoms with Gasteiger partial charge in [-0.1, -0.05) is 30.7 Å². The maximum Gasteiger partial charge on any atom is 0.416 e. The van der Waals surface area contributed by atoms with E-state index in [2.05, 4.69) is 5.32 Å². The van der Waals surface area contributed by atoms with Gasteiger partial charge in [-0.2, -0.15) is 18.3 Å². The van der Waals surface area contributed by atoms with Crippen LogP contribution in [0.4, 0.5) is 18.0 Å². The molecule has 0 saturated heterocycles.